The monoisotopic (exact) mass is 301 g/mol. The molecule has 0 heterocycles. The molecule has 0 aromatic heterocycles. The lowest BCUT2D eigenvalue weighted by Crippen LogP contribution is -2.30. The van der Waals surface area contributed by atoms with Crippen LogP contribution in [0.1, 0.15) is 40.6 Å². The van der Waals surface area contributed by atoms with Crippen LogP contribution in [0.15, 0.2) is 48.5 Å². The lowest BCUT2D eigenvalue weighted by molar-refractivity contribution is -0.121. The van der Waals surface area contributed by atoms with E-state index in [1.807, 2.05) is 37.3 Å². The number of aryl methyl sites for hydroxylation is 2. The van der Waals surface area contributed by atoms with Gasteiger partial charge in [-0.1, -0.05) is 54.1 Å². The number of hydrogen-bond acceptors (Lipinski definition) is 1. The van der Waals surface area contributed by atoms with Gasteiger partial charge in [0.25, 0.3) is 0 Å². The Morgan fingerprint density at radius 1 is 1.10 bits per heavy atom. The van der Waals surface area contributed by atoms with Crippen LogP contribution in [0.25, 0.3) is 0 Å². The Bertz CT molecular complexity index is 624. The highest BCUT2D eigenvalue weighted by molar-refractivity contribution is 6.30. The third-order valence-corrected chi connectivity index (χ3v) is 4.02. The van der Waals surface area contributed by atoms with Gasteiger partial charge >= 0.3 is 0 Å². The lowest BCUT2D eigenvalue weighted by Gasteiger charge is -2.19. The van der Waals surface area contributed by atoms with E-state index < -0.39 is 5.38 Å². The van der Waals surface area contributed by atoms with E-state index in [4.69, 9.17) is 11.6 Å². The van der Waals surface area contributed by atoms with Gasteiger partial charge in [0.15, 0.2) is 0 Å². The zero-order valence-corrected chi connectivity index (χ0v) is 13.3. The fourth-order valence-corrected chi connectivity index (χ4v) is 2.66. The van der Waals surface area contributed by atoms with Crippen LogP contribution >= 0.6 is 11.6 Å². The second-order valence-corrected chi connectivity index (χ2v) is 5.80. The van der Waals surface area contributed by atoms with E-state index in [1.165, 1.54) is 11.1 Å². The molecule has 0 saturated carbocycles. The molecule has 0 aliphatic carbocycles. The summed E-state index contributed by atoms with van der Waals surface area (Å²) in [5.74, 6) is -0.171. The fraction of sp³-hybridized carbons (Fsp3) is 0.278. The van der Waals surface area contributed by atoms with Gasteiger partial charge in [0.2, 0.25) is 5.91 Å². The van der Waals surface area contributed by atoms with Crippen molar-refractivity contribution < 1.29 is 4.79 Å². The van der Waals surface area contributed by atoms with E-state index in [0.29, 0.717) is 0 Å². The molecule has 21 heavy (non-hydrogen) atoms. The van der Waals surface area contributed by atoms with Gasteiger partial charge < -0.3 is 5.32 Å². The number of carbonyl (C=O) groups is 1. The number of nitrogens with one attached hydrogen (secondary N) is 1. The number of halogens is 1. The summed E-state index contributed by atoms with van der Waals surface area (Å²) >= 11 is 6.24. The van der Waals surface area contributed by atoms with E-state index in [2.05, 4.69) is 37.4 Å². The average Bonchev–Trinajstić information content (AvgIpc) is 2.47. The SMILES string of the molecule is Cc1ccc(C(C)NC(=O)C(Cl)c2ccccc2)c(C)c1. The smallest absolute Gasteiger partial charge is 0.243 e. The third-order valence-electron chi connectivity index (χ3n) is 3.57. The Labute approximate surface area is 131 Å². The van der Waals surface area contributed by atoms with Crippen LogP contribution in [0.5, 0.6) is 0 Å². The maximum Gasteiger partial charge on any atom is 0.243 e. The topological polar surface area (TPSA) is 29.1 Å². The van der Waals surface area contributed by atoms with Gasteiger partial charge in [-0.05, 0) is 37.5 Å². The van der Waals surface area contributed by atoms with Crippen molar-refractivity contribution in [2.24, 2.45) is 0 Å². The highest BCUT2D eigenvalue weighted by Crippen LogP contribution is 2.23. The molecule has 0 bridgehead atoms. The molecule has 0 radical (unpaired) electrons. The highest BCUT2D eigenvalue weighted by Gasteiger charge is 2.20. The molecule has 2 rings (SSSR count). The summed E-state index contributed by atoms with van der Waals surface area (Å²) in [4.78, 5) is 12.3. The normalized spacial score (nSPS) is 13.5. The Morgan fingerprint density at radius 3 is 2.38 bits per heavy atom. The number of alkyl halides is 1. The van der Waals surface area contributed by atoms with Crippen molar-refractivity contribution in [1.29, 1.82) is 0 Å². The third kappa shape index (κ3) is 3.85. The average molecular weight is 302 g/mol. The van der Waals surface area contributed by atoms with Gasteiger partial charge in [-0.25, -0.2) is 0 Å². The van der Waals surface area contributed by atoms with Crippen LogP contribution in [0.4, 0.5) is 0 Å². The van der Waals surface area contributed by atoms with E-state index in [1.54, 1.807) is 0 Å². The van der Waals surface area contributed by atoms with Crippen molar-refractivity contribution in [3.05, 3.63) is 70.8 Å². The molecule has 1 amide bonds. The van der Waals surface area contributed by atoms with Crippen molar-refractivity contribution in [3.8, 4) is 0 Å². The first kappa shape index (κ1) is 15.6. The maximum absolute atomic E-state index is 12.3. The van der Waals surface area contributed by atoms with Crippen molar-refractivity contribution in [2.75, 3.05) is 0 Å². The van der Waals surface area contributed by atoms with Gasteiger partial charge in [0.1, 0.15) is 5.38 Å². The first-order valence-electron chi connectivity index (χ1n) is 7.05. The van der Waals surface area contributed by atoms with Crippen molar-refractivity contribution in [2.45, 2.75) is 32.2 Å². The van der Waals surface area contributed by atoms with Gasteiger partial charge in [-0.15, -0.1) is 11.6 Å². The minimum Gasteiger partial charge on any atom is -0.348 e. The first-order chi connectivity index (χ1) is 9.99. The second kappa shape index (κ2) is 6.77. The Balaban J connectivity index is 2.08. The lowest BCUT2D eigenvalue weighted by atomic mass is 10.00. The quantitative estimate of drug-likeness (QED) is 0.830. The Morgan fingerprint density at radius 2 is 1.76 bits per heavy atom. The molecule has 3 heteroatoms. The van der Waals surface area contributed by atoms with Gasteiger partial charge in [0.05, 0.1) is 6.04 Å². The molecule has 110 valence electrons. The van der Waals surface area contributed by atoms with Crippen molar-refractivity contribution in [3.63, 3.8) is 0 Å². The number of rotatable bonds is 4. The highest BCUT2D eigenvalue weighted by atomic mass is 35.5. The molecular formula is C18H20ClNO. The minimum atomic E-state index is -0.667. The van der Waals surface area contributed by atoms with Crippen LogP contribution in [0.3, 0.4) is 0 Å². The van der Waals surface area contributed by atoms with E-state index in [0.717, 1.165) is 11.1 Å². The van der Waals surface area contributed by atoms with Crippen molar-refractivity contribution in [1.82, 2.24) is 5.32 Å². The van der Waals surface area contributed by atoms with E-state index >= 15 is 0 Å². The molecule has 0 spiro atoms. The molecule has 1 N–H and O–H groups in total. The summed E-state index contributed by atoms with van der Waals surface area (Å²) < 4.78 is 0. The molecule has 0 aliphatic heterocycles. The second-order valence-electron chi connectivity index (χ2n) is 5.36. The van der Waals surface area contributed by atoms with Gasteiger partial charge in [-0.2, -0.15) is 0 Å². The first-order valence-corrected chi connectivity index (χ1v) is 7.49. The summed E-state index contributed by atoms with van der Waals surface area (Å²) in [6.45, 7) is 6.09. The molecule has 2 aromatic carbocycles. The summed E-state index contributed by atoms with van der Waals surface area (Å²) in [7, 11) is 0. The fourth-order valence-electron chi connectivity index (χ4n) is 2.45. The number of carbonyl (C=O) groups excluding carboxylic acids is 1. The maximum atomic E-state index is 12.3. The molecule has 2 unspecified atom stereocenters. The summed E-state index contributed by atoms with van der Waals surface area (Å²) in [5.41, 5.74) is 4.32. The Hall–Kier alpha value is -1.80. The van der Waals surface area contributed by atoms with Crippen LogP contribution < -0.4 is 5.32 Å². The van der Waals surface area contributed by atoms with Crippen LogP contribution in [-0.4, -0.2) is 5.91 Å². The molecule has 0 saturated heterocycles. The molecule has 2 atom stereocenters. The zero-order valence-electron chi connectivity index (χ0n) is 12.6. The minimum absolute atomic E-state index is 0.0666. The number of amides is 1. The van der Waals surface area contributed by atoms with Crippen LogP contribution in [0, 0.1) is 13.8 Å². The summed E-state index contributed by atoms with van der Waals surface area (Å²) in [6.07, 6.45) is 0. The largest absolute Gasteiger partial charge is 0.348 e. The number of hydrogen-bond donors (Lipinski definition) is 1. The van der Waals surface area contributed by atoms with Gasteiger partial charge in [-0.3, -0.25) is 4.79 Å². The summed E-state index contributed by atoms with van der Waals surface area (Å²) in [6, 6.07) is 15.6. The molecule has 2 nitrogen and oxygen atoms in total. The standard InChI is InChI=1S/C18H20ClNO/c1-12-9-10-16(13(2)11-12)14(3)20-18(21)17(19)15-7-5-4-6-8-15/h4-11,14,17H,1-3H3,(H,20,21). The predicted molar refractivity (Wildman–Crippen MR) is 87.5 cm³/mol. The van der Waals surface area contributed by atoms with E-state index in [9.17, 15) is 4.79 Å². The van der Waals surface area contributed by atoms with Gasteiger partial charge in [0, 0.05) is 0 Å². The number of benzene rings is 2. The molecule has 0 aliphatic rings. The van der Waals surface area contributed by atoms with Crippen molar-refractivity contribution >= 4 is 17.5 Å². The van der Waals surface area contributed by atoms with Crippen LogP contribution in [0.2, 0.25) is 0 Å². The molecule has 0 fully saturated rings. The molecule has 2 aromatic rings. The summed E-state index contributed by atoms with van der Waals surface area (Å²) in [5, 5.41) is 2.32. The molecular weight excluding hydrogens is 282 g/mol. The Kier molecular flexibility index (Phi) is 5.03. The predicted octanol–water partition coefficient (Wildman–Crippen LogP) is 4.46. The zero-order chi connectivity index (χ0) is 15.4. The van der Waals surface area contributed by atoms with E-state index in [-0.39, 0.29) is 11.9 Å². The van der Waals surface area contributed by atoms with Crippen LogP contribution in [-0.2, 0) is 4.79 Å².